The molecule has 6 heteroatoms. The highest BCUT2D eigenvalue weighted by molar-refractivity contribution is 9.10. The molecule has 3 N–H and O–H groups in total. The van der Waals surface area contributed by atoms with E-state index in [1.54, 1.807) is 0 Å². The number of aliphatic hydroxyl groups is 1. The number of hydrogen-bond acceptors (Lipinski definition) is 4. The summed E-state index contributed by atoms with van der Waals surface area (Å²) in [5, 5.41) is 15.4. The molecular formula is C17H27BrN2O3. The topological polar surface area (TPSA) is 70.6 Å². The van der Waals surface area contributed by atoms with Gasteiger partial charge in [-0.2, -0.15) is 0 Å². The average Bonchev–Trinajstić information content (AvgIpc) is 2.45. The Balaban J connectivity index is 2.69. The lowest BCUT2D eigenvalue weighted by Gasteiger charge is -2.21. The van der Waals surface area contributed by atoms with Gasteiger partial charge in [0.05, 0.1) is 6.61 Å². The fourth-order valence-corrected chi connectivity index (χ4v) is 2.43. The predicted octanol–water partition coefficient (Wildman–Crippen LogP) is 2.60. The molecule has 23 heavy (non-hydrogen) atoms. The largest absolute Gasteiger partial charge is 0.483 e. The second-order valence-electron chi connectivity index (χ2n) is 6.51. The van der Waals surface area contributed by atoms with Crippen LogP contribution in [-0.4, -0.2) is 35.8 Å². The molecule has 0 fully saturated rings. The van der Waals surface area contributed by atoms with Crippen molar-refractivity contribution in [3.8, 4) is 5.75 Å². The predicted molar refractivity (Wildman–Crippen MR) is 95.5 cm³/mol. The summed E-state index contributed by atoms with van der Waals surface area (Å²) in [4.78, 5) is 11.9. The number of carbonyl (C=O) groups excluding carboxylic acids is 1. The molecule has 1 rings (SSSR count). The molecule has 1 unspecified atom stereocenters. The Kier molecular flexibility index (Phi) is 8.02. The third-order valence-corrected chi connectivity index (χ3v) is 3.68. The molecule has 0 spiro atoms. The van der Waals surface area contributed by atoms with E-state index in [0.29, 0.717) is 12.3 Å². The number of rotatable bonds is 8. The molecule has 1 aromatic carbocycles. The van der Waals surface area contributed by atoms with E-state index < -0.39 is 0 Å². The maximum atomic E-state index is 11.9. The van der Waals surface area contributed by atoms with Crippen LogP contribution in [0.3, 0.4) is 0 Å². The van der Waals surface area contributed by atoms with E-state index in [1.807, 2.05) is 45.9 Å². The van der Waals surface area contributed by atoms with Crippen LogP contribution in [0.1, 0.15) is 39.7 Å². The fourth-order valence-electron chi connectivity index (χ4n) is 2.02. The molecule has 1 atom stereocenters. The zero-order valence-electron chi connectivity index (χ0n) is 14.3. The molecule has 0 saturated carbocycles. The van der Waals surface area contributed by atoms with E-state index in [1.165, 1.54) is 0 Å². The third-order valence-electron chi connectivity index (χ3n) is 3.19. The van der Waals surface area contributed by atoms with Crippen molar-refractivity contribution in [2.75, 3.05) is 13.2 Å². The smallest absolute Gasteiger partial charge is 0.258 e. The number of aliphatic hydroxyl groups excluding tert-OH is 1. The number of nitrogens with one attached hydrogen (secondary N) is 2. The first-order chi connectivity index (χ1) is 10.7. The summed E-state index contributed by atoms with van der Waals surface area (Å²) < 4.78 is 6.61. The molecule has 0 aromatic heterocycles. The van der Waals surface area contributed by atoms with Crippen molar-refractivity contribution in [2.45, 2.75) is 52.2 Å². The standard InChI is InChI=1S/C17H27BrN2O3/c1-5-14(10-21)19-9-12-8-13(18)6-7-15(12)23-11-16(22)20-17(2,3)4/h6-8,14,19,21H,5,9-11H2,1-4H3,(H,20,22). The Bertz CT molecular complexity index is 511. The maximum absolute atomic E-state index is 11.9. The number of carbonyl (C=O) groups is 1. The van der Waals surface area contributed by atoms with Crippen LogP contribution in [0.25, 0.3) is 0 Å². The molecule has 0 aliphatic rings. The Morgan fingerprint density at radius 2 is 2.09 bits per heavy atom. The lowest BCUT2D eigenvalue weighted by Crippen LogP contribution is -2.43. The Hall–Kier alpha value is -1.11. The number of halogens is 1. The van der Waals surface area contributed by atoms with Crippen molar-refractivity contribution < 1.29 is 14.6 Å². The van der Waals surface area contributed by atoms with E-state index in [4.69, 9.17) is 4.74 Å². The first kappa shape index (κ1) is 19.9. The van der Waals surface area contributed by atoms with Gasteiger partial charge in [0.2, 0.25) is 0 Å². The van der Waals surface area contributed by atoms with Gasteiger partial charge in [0.25, 0.3) is 5.91 Å². The minimum Gasteiger partial charge on any atom is -0.483 e. The number of benzene rings is 1. The van der Waals surface area contributed by atoms with Crippen LogP contribution >= 0.6 is 15.9 Å². The quantitative estimate of drug-likeness (QED) is 0.641. The molecule has 0 bridgehead atoms. The fraction of sp³-hybridized carbons (Fsp3) is 0.588. The van der Waals surface area contributed by atoms with Crippen molar-refractivity contribution in [3.05, 3.63) is 28.2 Å². The summed E-state index contributed by atoms with van der Waals surface area (Å²) in [6.45, 7) is 8.44. The molecule has 1 aromatic rings. The zero-order chi connectivity index (χ0) is 17.5. The van der Waals surface area contributed by atoms with Crippen molar-refractivity contribution in [2.24, 2.45) is 0 Å². The Morgan fingerprint density at radius 3 is 2.65 bits per heavy atom. The van der Waals surface area contributed by atoms with Crippen LogP contribution in [0.2, 0.25) is 0 Å². The maximum Gasteiger partial charge on any atom is 0.258 e. The molecule has 0 radical (unpaired) electrons. The monoisotopic (exact) mass is 386 g/mol. The van der Waals surface area contributed by atoms with Gasteiger partial charge in [0.1, 0.15) is 5.75 Å². The van der Waals surface area contributed by atoms with Gasteiger partial charge in [-0.1, -0.05) is 22.9 Å². The van der Waals surface area contributed by atoms with Gasteiger partial charge in [-0.05, 0) is 45.4 Å². The van der Waals surface area contributed by atoms with Crippen LogP contribution in [0, 0.1) is 0 Å². The summed E-state index contributed by atoms with van der Waals surface area (Å²) >= 11 is 3.45. The highest BCUT2D eigenvalue weighted by Crippen LogP contribution is 2.23. The Labute approximate surface area is 146 Å². The van der Waals surface area contributed by atoms with E-state index in [0.717, 1.165) is 16.5 Å². The highest BCUT2D eigenvalue weighted by Gasteiger charge is 2.15. The van der Waals surface area contributed by atoms with Crippen molar-refractivity contribution in [3.63, 3.8) is 0 Å². The molecular weight excluding hydrogens is 360 g/mol. The van der Waals surface area contributed by atoms with Gasteiger partial charge in [-0.3, -0.25) is 4.79 Å². The normalized spacial score (nSPS) is 12.8. The van der Waals surface area contributed by atoms with E-state index in [9.17, 15) is 9.90 Å². The minimum atomic E-state index is -0.278. The van der Waals surface area contributed by atoms with Crippen LogP contribution in [0.5, 0.6) is 5.75 Å². The second-order valence-corrected chi connectivity index (χ2v) is 7.42. The van der Waals surface area contributed by atoms with Gasteiger partial charge in [0, 0.05) is 28.2 Å². The van der Waals surface area contributed by atoms with E-state index in [2.05, 4.69) is 26.6 Å². The van der Waals surface area contributed by atoms with Crippen molar-refractivity contribution in [1.29, 1.82) is 0 Å². The van der Waals surface area contributed by atoms with Gasteiger partial charge in [-0.25, -0.2) is 0 Å². The third kappa shape index (κ3) is 7.81. The molecule has 0 saturated heterocycles. The molecule has 0 aliphatic heterocycles. The zero-order valence-corrected chi connectivity index (χ0v) is 15.9. The molecule has 1 amide bonds. The number of ether oxygens (including phenoxy) is 1. The molecule has 0 heterocycles. The van der Waals surface area contributed by atoms with Crippen molar-refractivity contribution >= 4 is 21.8 Å². The Morgan fingerprint density at radius 1 is 1.39 bits per heavy atom. The average molecular weight is 387 g/mol. The molecule has 130 valence electrons. The van der Waals surface area contributed by atoms with Gasteiger partial charge in [-0.15, -0.1) is 0 Å². The molecule has 5 nitrogen and oxygen atoms in total. The van der Waals surface area contributed by atoms with Crippen LogP contribution in [0.15, 0.2) is 22.7 Å². The van der Waals surface area contributed by atoms with E-state index >= 15 is 0 Å². The van der Waals surface area contributed by atoms with Gasteiger partial charge < -0.3 is 20.5 Å². The summed E-state index contributed by atoms with van der Waals surface area (Å²) in [5.41, 5.74) is 0.662. The van der Waals surface area contributed by atoms with E-state index in [-0.39, 0.29) is 30.7 Å². The number of hydrogen-bond donors (Lipinski definition) is 3. The minimum absolute atomic E-state index is 0.0247. The summed E-state index contributed by atoms with van der Waals surface area (Å²) in [6, 6.07) is 5.72. The lowest BCUT2D eigenvalue weighted by atomic mass is 10.1. The highest BCUT2D eigenvalue weighted by atomic mass is 79.9. The van der Waals surface area contributed by atoms with Crippen LogP contribution in [0.4, 0.5) is 0 Å². The summed E-state index contributed by atoms with van der Waals surface area (Å²) in [6.07, 6.45) is 0.842. The number of amides is 1. The first-order valence-corrected chi connectivity index (χ1v) is 8.61. The van der Waals surface area contributed by atoms with Crippen LogP contribution in [-0.2, 0) is 11.3 Å². The van der Waals surface area contributed by atoms with Crippen LogP contribution < -0.4 is 15.4 Å². The SMILES string of the molecule is CCC(CO)NCc1cc(Br)ccc1OCC(=O)NC(C)(C)C. The lowest BCUT2D eigenvalue weighted by molar-refractivity contribution is -0.124. The van der Waals surface area contributed by atoms with Crippen molar-refractivity contribution in [1.82, 2.24) is 10.6 Å². The first-order valence-electron chi connectivity index (χ1n) is 7.81. The second kappa shape index (κ2) is 9.25. The summed E-state index contributed by atoms with van der Waals surface area (Å²) in [7, 11) is 0. The molecule has 0 aliphatic carbocycles. The van der Waals surface area contributed by atoms with Gasteiger partial charge in [0.15, 0.2) is 6.61 Å². The van der Waals surface area contributed by atoms with Gasteiger partial charge >= 0.3 is 0 Å². The summed E-state index contributed by atoms with van der Waals surface area (Å²) in [5.74, 6) is 0.513.